The first kappa shape index (κ1) is 25.7. The van der Waals surface area contributed by atoms with Gasteiger partial charge in [0, 0.05) is 0 Å². The Balaban J connectivity index is 0.00000196. The summed E-state index contributed by atoms with van der Waals surface area (Å²) in [5, 5.41) is 5.10. The molecular weight excluding hydrogens is 437 g/mol. The maximum absolute atomic E-state index is 4.11. The standard InChI is InChI=1S/C17H15.C4H10N.2CH3.2ClH.H2Si.Ti/c1-12-6-8-14(9-7-12)16-5-3-4-15-10-13(2)11-17(15)16;1-4(2,3)5;;;;;;/h3-11H,1-2H3;5H,1-3H3;2*1H3;2*1H;1H2;/q;-1;;;;;;+1. The van der Waals surface area contributed by atoms with E-state index in [9.17, 15) is 0 Å². The molecule has 0 heterocycles. The van der Waals surface area contributed by atoms with Crippen LogP contribution < -0.4 is 3.80 Å². The quantitative estimate of drug-likeness (QED) is 0.497. The molecule has 28 heavy (non-hydrogen) atoms. The van der Waals surface area contributed by atoms with Gasteiger partial charge in [0.15, 0.2) is 0 Å². The maximum Gasteiger partial charge on any atom is -0.147 e. The molecule has 1 atom stereocenters. The van der Waals surface area contributed by atoms with E-state index in [4.69, 9.17) is 0 Å². The summed E-state index contributed by atoms with van der Waals surface area (Å²) in [4.78, 5) is 0. The van der Waals surface area contributed by atoms with Gasteiger partial charge in [0.05, 0.1) is 0 Å². The molecular formula is C23H35Cl2NSiTi. The fourth-order valence-corrected chi connectivity index (χ4v) is 17.9. The largest absolute Gasteiger partial charge is 0.147 e. The third-order valence-electron chi connectivity index (χ3n) is 5.35. The van der Waals surface area contributed by atoms with E-state index in [-0.39, 0.29) is 30.4 Å². The van der Waals surface area contributed by atoms with Crippen LogP contribution in [0.4, 0.5) is 0 Å². The average Bonchev–Trinajstić information content (AvgIpc) is 2.82. The van der Waals surface area contributed by atoms with E-state index in [0.717, 1.165) is 0 Å². The Morgan fingerprint density at radius 1 is 0.929 bits per heavy atom. The molecule has 0 saturated carbocycles. The minimum Gasteiger partial charge on any atom is -0.147 e. The van der Waals surface area contributed by atoms with Crippen LogP contribution in [0.5, 0.6) is 0 Å². The van der Waals surface area contributed by atoms with Gasteiger partial charge < -0.3 is 0 Å². The number of fused-ring (bicyclic) bond motifs is 1. The van der Waals surface area contributed by atoms with E-state index in [0.29, 0.717) is 4.22 Å². The second kappa shape index (κ2) is 8.41. The van der Waals surface area contributed by atoms with Crippen molar-refractivity contribution >= 4 is 38.5 Å². The fraction of sp³-hybridized carbons (Fsp3) is 0.391. The summed E-state index contributed by atoms with van der Waals surface area (Å²) in [6.45, 7) is 11.4. The number of halogens is 2. The van der Waals surface area contributed by atoms with Crippen LogP contribution in [-0.2, 0) is 14.3 Å². The van der Waals surface area contributed by atoms with Crippen molar-refractivity contribution in [2.45, 2.75) is 54.8 Å². The second-order valence-electron chi connectivity index (χ2n) is 10.2. The molecule has 0 amide bonds. The molecule has 154 valence electrons. The van der Waals surface area contributed by atoms with Crippen LogP contribution in [0.1, 0.15) is 48.6 Å². The molecule has 1 nitrogen and oxygen atoms in total. The molecule has 2 aromatic rings. The molecule has 5 heteroatoms. The Labute approximate surface area is 186 Å². The molecule has 1 aliphatic carbocycles. The van der Waals surface area contributed by atoms with E-state index in [2.05, 4.69) is 105 Å². The molecule has 1 N–H and O–H groups in total. The van der Waals surface area contributed by atoms with E-state index >= 15 is 0 Å². The molecule has 1 unspecified atom stereocenters. The number of benzene rings is 2. The monoisotopic (exact) mass is 471 g/mol. The van der Waals surface area contributed by atoms with Crippen molar-refractivity contribution in [3.63, 3.8) is 0 Å². The topological polar surface area (TPSA) is 12.0 Å². The number of nitrogens with one attached hydrogen (secondary N) is 1. The van der Waals surface area contributed by atoms with Crippen molar-refractivity contribution in [2.75, 3.05) is 0 Å². The summed E-state index contributed by atoms with van der Waals surface area (Å²) in [5.74, 6) is 0. The Morgan fingerprint density at radius 3 is 2.04 bits per heavy atom. The average molecular weight is 472 g/mol. The van der Waals surface area contributed by atoms with E-state index in [1.54, 1.807) is 0 Å². The molecule has 3 rings (SSSR count). The smallest absolute Gasteiger partial charge is 0.147 e. The van der Waals surface area contributed by atoms with Crippen LogP contribution >= 0.6 is 24.8 Å². The van der Waals surface area contributed by atoms with Crippen molar-refractivity contribution in [2.24, 2.45) is 0 Å². The minimum atomic E-state index is -2.93. The molecule has 0 radical (unpaired) electrons. The summed E-state index contributed by atoms with van der Waals surface area (Å²) >= 11 is -2.93. The predicted molar refractivity (Wildman–Crippen MR) is 131 cm³/mol. The molecule has 0 aliphatic heterocycles. The summed E-state index contributed by atoms with van der Waals surface area (Å²) in [5.41, 5.74) is 8.61. The van der Waals surface area contributed by atoms with Crippen molar-refractivity contribution in [3.05, 3.63) is 64.7 Å². The number of hydrogen-bond acceptors (Lipinski definition) is 1. The fourth-order valence-electron chi connectivity index (χ4n) is 5.07. The van der Waals surface area contributed by atoms with Gasteiger partial charge in [0.1, 0.15) is 0 Å². The van der Waals surface area contributed by atoms with Crippen molar-refractivity contribution in [3.8, 4) is 11.1 Å². The van der Waals surface area contributed by atoms with Gasteiger partial charge >= 0.3 is 162 Å². The van der Waals surface area contributed by atoms with E-state index in [1.165, 1.54) is 33.4 Å². The van der Waals surface area contributed by atoms with Gasteiger partial charge in [-0.05, 0) is 0 Å². The Hall–Kier alpha value is -0.349. The van der Waals surface area contributed by atoms with Crippen molar-refractivity contribution < 1.29 is 14.3 Å². The van der Waals surface area contributed by atoms with Crippen LogP contribution in [0, 0.1) is 6.92 Å². The maximum atomic E-state index is 4.11. The number of hydrogen-bond donors (Lipinski definition) is 1. The molecule has 0 fully saturated rings. The van der Waals surface area contributed by atoms with E-state index in [1.807, 2.05) is 0 Å². The van der Waals surface area contributed by atoms with Gasteiger partial charge in [0.2, 0.25) is 0 Å². The summed E-state index contributed by atoms with van der Waals surface area (Å²) in [7, 11) is 2.28. The van der Waals surface area contributed by atoms with E-state index < -0.39 is 14.3 Å². The first-order valence-corrected chi connectivity index (χ1v) is 18.4. The summed E-state index contributed by atoms with van der Waals surface area (Å²) in [6.07, 6.45) is 2.45. The third kappa shape index (κ3) is 5.22. The number of aryl methyl sites for hydroxylation is 1. The minimum absolute atomic E-state index is 0. The Morgan fingerprint density at radius 2 is 1.50 bits per heavy atom. The van der Waals surface area contributed by atoms with Crippen molar-refractivity contribution in [1.82, 2.24) is 3.80 Å². The third-order valence-corrected chi connectivity index (χ3v) is 14.3. The molecule has 0 aromatic heterocycles. The molecule has 0 spiro atoms. The van der Waals surface area contributed by atoms with Gasteiger partial charge in [-0.25, -0.2) is 0 Å². The van der Waals surface area contributed by atoms with Crippen LogP contribution in [0.3, 0.4) is 0 Å². The van der Waals surface area contributed by atoms with Crippen LogP contribution in [0.25, 0.3) is 17.2 Å². The SMILES string of the molecule is CC1=Cc2c(-c3ccc(C)cc3)cccc2[CH]1[Ti]([CH3])([CH3])(=[SiH2])[NH]C(C)(C)C.Cl.Cl. The Kier molecular flexibility index (Phi) is 7.72. The zero-order chi connectivity index (χ0) is 19.4. The van der Waals surface area contributed by atoms with Gasteiger partial charge in [-0.15, -0.1) is 24.8 Å². The van der Waals surface area contributed by atoms with Crippen LogP contribution in [0.2, 0.25) is 10.5 Å². The molecule has 0 saturated heterocycles. The summed E-state index contributed by atoms with van der Waals surface area (Å²) < 4.78 is 4.66. The van der Waals surface area contributed by atoms with Gasteiger partial charge in [-0.3, -0.25) is 0 Å². The molecule has 1 aliphatic rings. The van der Waals surface area contributed by atoms with Gasteiger partial charge in [-0.1, -0.05) is 0 Å². The first-order chi connectivity index (χ1) is 11.9. The number of rotatable bonds is 3. The van der Waals surface area contributed by atoms with Crippen LogP contribution in [-0.4, -0.2) is 13.2 Å². The Bertz CT molecular complexity index is 950. The first-order valence-electron chi connectivity index (χ1n) is 9.61. The van der Waals surface area contributed by atoms with Gasteiger partial charge in [0.25, 0.3) is 0 Å². The van der Waals surface area contributed by atoms with Crippen LogP contribution in [0.15, 0.2) is 48.0 Å². The normalized spacial score (nSPS) is 16.6. The van der Waals surface area contributed by atoms with Crippen molar-refractivity contribution in [1.29, 1.82) is 0 Å². The zero-order valence-corrected chi connectivity index (χ0v) is 22.8. The van der Waals surface area contributed by atoms with Gasteiger partial charge in [-0.2, -0.15) is 0 Å². The second-order valence-corrected chi connectivity index (χ2v) is 29.2. The predicted octanol–water partition coefficient (Wildman–Crippen LogP) is 6.60. The molecule has 2 aromatic carbocycles. The number of allylic oxidation sites excluding steroid dienone is 1. The molecule has 0 bridgehead atoms. The zero-order valence-electron chi connectivity index (χ0n) is 18.2. The summed E-state index contributed by atoms with van der Waals surface area (Å²) in [6, 6.07) is 15.8.